The lowest BCUT2D eigenvalue weighted by Crippen LogP contribution is -2.58. The van der Waals surface area contributed by atoms with Crippen LogP contribution in [0.4, 0.5) is 5.69 Å². The standard InChI is InChI=1S/C16H22ClN5O2S/c1-10-8-11(25(2,23)24)9-12(13(10)17)22-15(19)20-14(18)21-16(22)6-4-3-5-7-16/h8-9H,3-7H2,1-2H3,(H4,18,19,20,21). The van der Waals surface area contributed by atoms with Crippen molar-refractivity contribution >= 4 is 39.0 Å². The fourth-order valence-corrected chi connectivity index (χ4v) is 4.48. The molecule has 0 amide bonds. The number of hydrogen-bond acceptors (Lipinski definition) is 7. The number of benzene rings is 1. The van der Waals surface area contributed by atoms with Crippen LogP contribution in [0, 0.1) is 6.92 Å². The number of aliphatic imine (C=N–C) groups is 2. The van der Waals surface area contributed by atoms with Crippen molar-refractivity contribution in [3.63, 3.8) is 0 Å². The molecule has 9 heteroatoms. The van der Waals surface area contributed by atoms with Gasteiger partial charge in [0.25, 0.3) is 0 Å². The van der Waals surface area contributed by atoms with Crippen LogP contribution >= 0.6 is 11.6 Å². The van der Waals surface area contributed by atoms with Gasteiger partial charge < -0.3 is 11.5 Å². The van der Waals surface area contributed by atoms with Crippen LogP contribution in [-0.2, 0) is 9.84 Å². The summed E-state index contributed by atoms with van der Waals surface area (Å²) < 4.78 is 24.1. The first-order valence-corrected chi connectivity index (χ1v) is 10.4. The van der Waals surface area contributed by atoms with Gasteiger partial charge in [0.1, 0.15) is 5.66 Å². The van der Waals surface area contributed by atoms with Crippen LogP contribution in [0.5, 0.6) is 0 Å². The molecule has 4 N–H and O–H groups in total. The normalized spacial score (nSPS) is 20.4. The monoisotopic (exact) mass is 383 g/mol. The minimum atomic E-state index is -3.40. The second kappa shape index (κ2) is 6.17. The summed E-state index contributed by atoms with van der Waals surface area (Å²) >= 11 is 6.53. The molecule has 0 atom stereocenters. The lowest BCUT2D eigenvalue weighted by Gasteiger charge is -2.46. The third-order valence-corrected chi connectivity index (χ3v) is 6.31. The van der Waals surface area contributed by atoms with E-state index in [1.54, 1.807) is 24.0 Å². The molecule has 7 nitrogen and oxygen atoms in total. The van der Waals surface area contributed by atoms with Gasteiger partial charge in [0.15, 0.2) is 9.84 Å². The molecule has 0 radical (unpaired) electrons. The zero-order valence-electron chi connectivity index (χ0n) is 14.3. The fourth-order valence-electron chi connectivity index (χ4n) is 3.57. The molecular weight excluding hydrogens is 362 g/mol. The third-order valence-electron chi connectivity index (χ3n) is 4.73. The van der Waals surface area contributed by atoms with Crippen LogP contribution in [0.1, 0.15) is 37.7 Å². The van der Waals surface area contributed by atoms with Gasteiger partial charge in [-0.05, 0) is 50.3 Å². The van der Waals surface area contributed by atoms with Crippen molar-refractivity contribution in [2.75, 3.05) is 11.2 Å². The van der Waals surface area contributed by atoms with Gasteiger partial charge in [-0.2, -0.15) is 4.99 Å². The van der Waals surface area contributed by atoms with Crippen LogP contribution in [-0.4, -0.2) is 32.3 Å². The van der Waals surface area contributed by atoms with Crippen molar-refractivity contribution in [2.45, 2.75) is 49.6 Å². The molecule has 0 aromatic heterocycles. The average molecular weight is 384 g/mol. The first kappa shape index (κ1) is 18.0. The van der Waals surface area contributed by atoms with Gasteiger partial charge in [-0.25, -0.2) is 13.4 Å². The van der Waals surface area contributed by atoms with Crippen molar-refractivity contribution in [3.8, 4) is 0 Å². The molecule has 1 aliphatic heterocycles. The molecule has 2 aliphatic rings. The summed E-state index contributed by atoms with van der Waals surface area (Å²) in [6.45, 7) is 1.77. The molecule has 1 aromatic carbocycles. The summed E-state index contributed by atoms with van der Waals surface area (Å²) in [7, 11) is -3.40. The third kappa shape index (κ3) is 3.20. The first-order chi connectivity index (χ1) is 11.6. The van der Waals surface area contributed by atoms with E-state index in [4.69, 9.17) is 23.1 Å². The van der Waals surface area contributed by atoms with E-state index in [1.807, 2.05) is 0 Å². The number of nitrogens with two attached hydrogens (primary N) is 2. The molecule has 3 rings (SSSR count). The van der Waals surface area contributed by atoms with E-state index in [0.717, 1.165) is 32.1 Å². The van der Waals surface area contributed by atoms with Crippen molar-refractivity contribution in [1.29, 1.82) is 0 Å². The van der Waals surface area contributed by atoms with Gasteiger partial charge in [0.05, 0.1) is 15.6 Å². The molecular formula is C16H22ClN5O2S. The molecule has 0 saturated heterocycles. The minimum Gasteiger partial charge on any atom is -0.369 e. The maximum atomic E-state index is 12.1. The maximum absolute atomic E-state index is 12.1. The van der Waals surface area contributed by atoms with Crippen LogP contribution in [0.15, 0.2) is 27.0 Å². The fraction of sp³-hybridized carbons (Fsp3) is 0.500. The number of anilines is 1. The summed E-state index contributed by atoms with van der Waals surface area (Å²) in [6, 6.07) is 3.10. The summed E-state index contributed by atoms with van der Waals surface area (Å²) in [5, 5.41) is 0.436. The number of halogens is 1. The van der Waals surface area contributed by atoms with Crippen LogP contribution < -0.4 is 16.4 Å². The van der Waals surface area contributed by atoms with E-state index in [-0.39, 0.29) is 16.8 Å². The SMILES string of the molecule is Cc1cc(S(C)(=O)=O)cc(N2C(N)=NC(N)=NC23CCCCC3)c1Cl. The smallest absolute Gasteiger partial charge is 0.220 e. The Morgan fingerprint density at radius 1 is 1.20 bits per heavy atom. The van der Waals surface area contributed by atoms with Crippen LogP contribution in [0.2, 0.25) is 5.02 Å². The Balaban J connectivity index is 2.22. The number of sulfone groups is 1. The van der Waals surface area contributed by atoms with E-state index < -0.39 is 15.5 Å². The molecule has 136 valence electrons. The maximum Gasteiger partial charge on any atom is 0.220 e. The summed E-state index contributed by atoms with van der Waals surface area (Å²) in [6.07, 6.45) is 5.73. The predicted octanol–water partition coefficient (Wildman–Crippen LogP) is 2.16. The topological polar surface area (TPSA) is 114 Å². The van der Waals surface area contributed by atoms with Gasteiger partial charge >= 0.3 is 0 Å². The molecule has 1 saturated carbocycles. The molecule has 1 aromatic rings. The highest BCUT2D eigenvalue weighted by Crippen LogP contribution is 2.43. The predicted molar refractivity (Wildman–Crippen MR) is 101 cm³/mol. The minimum absolute atomic E-state index is 0.141. The second-order valence-electron chi connectivity index (χ2n) is 6.66. The largest absolute Gasteiger partial charge is 0.369 e. The van der Waals surface area contributed by atoms with E-state index in [0.29, 0.717) is 16.3 Å². The van der Waals surface area contributed by atoms with Crippen molar-refractivity contribution < 1.29 is 8.42 Å². The highest BCUT2D eigenvalue weighted by molar-refractivity contribution is 7.90. The zero-order valence-corrected chi connectivity index (χ0v) is 15.9. The molecule has 1 aliphatic carbocycles. The summed E-state index contributed by atoms with van der Waals surface area (Å²) in [4.78, 5) is 10.6. The lowest BCUT2D eigenvalue weighted by molar-refractivity contribution is 0.305. The number of aryl methyl sites for hydroxylation is 1. The van der Waals surface area contributed by atoms with E-state index in [2.05, 4.69) is 9.98 Å². The van der Waals surface area contributed by atoms with Gasteiger partial charge in [0.2, 0.25) is 11.9 Å². The lowest BCUT2D eigenvalue weighted by atomic mass is 9.87. The molecule has 25 heavy (non-hydrogen) atoms. The number of hydrogen-bond donors (Lipinski definition) is 2. The Morgan fingerprint density at radius 3 is 2.44 bits per heavy atom. The number of nitrogens with zero attached hydrogens (tertiary/aromatic N) is 3. The number of rotatable bonds is 2. The molecule has 1 heterocycles. The Labute approximate surface area is 152 Å². The highest BCUT2D eigenvalue weighted by atomic mass is 35.5. The Kier molecular flexibility index (Phi) is 4.45. The van der Waals surface area contributed by atoms with E-state index in [9.17, 15) is 8.42 Å². The number of guanidine groups is 2. The Hall–Kier alpha value is -1.80. The summed E-state index contributed by atoms with van der Waals surface area (Å²) in [5.74, 6) is 0.323. The molecule has 0 unspecified atom stereocenters. The first-order valence-electron chi connectivity index (χ1n) is 8.14. The Bertz CT molecular complexity index is 873. The van der Waals surface area contributed by atoms with E-state index >= 15 is 0 Å². The van der Waals surface area contributed by atoms with Crippen LogP contribution in [0.25, 0.3) is 0 Å². The van der Waals surface area contributed by atoms with E-state index in [1.165, 1.54) is 6.26 Å². The van der Waals surface area contributed by atoms with Gasteiger partial charge in [-0.15, -0.1) is 0 Å². The van der Waals surface area contributed by atoms with Gasteiger partial charge in [0, 0.05) is 6.26 Å². The van der Waals surface area contributed by atoms with Crippen molar-refractivity contribution in [2.24, 2.45) is 21.5 Å². The average Bonchev–Trinajstić information content (AvgIpc) is 2.50. The van der Waals surface area contributed by atoms with Gasteiger partial charge in [-0.3, -0.25) is 4.90 Å². The molecule has 1 spiro atoms. The van der Waals surface area contributed by atoms with Crippen LogP contribution in [0.3, 0.4) is 0 Å². The molecule has 0 bridgehead atoms. The van der Waals surface area contributed by atoms with Gasteiger partial charge in [-0.1, -0.05) is 18.0 Å². The molecule has 1 fully saturated rings. The second-order valence-corrected chi connectivity index (χ2v) is 9.06. The zero-order chi connectivity index (χ0) is 18.4. The highest BCUT2D eigenvalue weighted by Gasteiger charge is 2.43. The van der Waals surface area contributed by atoms with Crippen molar-refractivity contribution in [3.05, 3.63) is 22.7 Å². The van der Waals surface area contributed by atoms with Crippen molar-refractivity contribution in [1.82, 2.24) is 0 Å². The Morgan fingerprint density at radius 2 is 1.84 bits per heavy atom. The quantitative estimate of drug-likeness (QED) is 0.812. The summed E-state index contributed by atoms with van der Waals surface area (Å²) in [5.41, 5.74) is 12.5.